The number of fused-ring (bicyclic) bond motifs is 3. The van der Waals surface area contributed by atoms with Crippen LogP contribution in [0, 0.1) is 6.92 Å². The fourth-order valence-electron chi connectivity index (χ4n) is 3.95. The third-order valence-electron chi connectivity index (χ3n) is 5.17. The van der Waals surface area contributed by atoms with E-state index < -0.39 is 5.54 Å². The number of nitrogens with zero attached hydrogens (tertiary/aromatic N) is 1. The Bertz CT molecular complexity index is 942. The molecule has 0 spiro atoms. The van der Waals surface area contributed by atoms with E-state index in [1.807, 2.05) is 31.2 Å². The second kappa shape index (κ2) is 5.21. The number of benzene rings is 2. The molecule has 4 rings (SSSR count). The highest BCUT2D eigenvalue weighted by Gasteiger charge is 2.35. The molecule has 24 heavy (non-hydrogen) atoms. The topological polar surface area (TPSA) is 74.0 Å². The Morgan fingerprint density at radius 3 is 2.62 bits per heavy atom. The van der Waals surface area contributed by atoms with Crippen LogP contribution in [0.15, 0.2) is 48.5 Å². The second-order valence-corrected chi connectivity index (χ2v) is 6.81. The van der Waals surface area contributed by atoms with Crippen molar-refractivity contribution in [3.63, 3.8) is 0 Å². The number of aryl methyl sites for hydroxylation is 1. The number of primary amides is 1. The molecule has 4 N–H and O–H groups in total. The highest BCUT2D eigenvalue weighted by molar-refractivity contribution is 6.08. The van der Waals surface area contributed by atoms with Crippen LogP contribution < -0.4 is 11.5 Å². The third-order valence-corrected chi connectivity index (χ3v) is 5.17. The summed E-state index contributed by atoms with van der Waals surface area (Å²) in [6, 6.07) is 16.4. The van der Waals surface area contributed by atoms with Crippen LogP contribution in [0.2, 0.25) is 0 Å². The van der Waals surface area contributed by atoms with E-state index in [-0.39, 0.29) is 5.91 Å². The molecule has 2 aromatic carbocycles. The number of carbonyl (C=O) groups is 1. The SMILES string of the molecule is Cc1ccc2c(c1)c(C(N)=O)c1n2C[C@@](N)(c2ccccc2)CC1. The van der Waals surface area contributed by atoms with E-state index in [1.54, 1.807) is 0 Å². The van der Waals surface area contributed by atoms with Crippen molar-refractivity contribution >= 4 is 16.8 Å². The van der Waals surface area contributed by atoms with Crippen molar-refractivity contribution in [1.29, 1.82) is 0 Å². The van der Waals surface area contributed by atoms with Crippen LogP contribution in [0.3, 0.4) is 0 Å². The molecule has 0 aliphatic carbocycles. The molecule has 4 heteroatoms. The highest BCUT2D eigenvalue weighted by atomic mass is 16.1. The van der Waals surface area contributed by atoms with Crippen LogP contribution in [-0.4, -0.2) is 10.5 Å². The lowest BCUT2D eigenvalue weighted by Crippen LogP contribution is -2.44. The fourth-order valence-corrected chi connectivity index (χ4v) is 3.95. The summed E-state index contributed by atoms with van der Waals surface area (Å²) in [6.07, 6.45) is 1.55. The molecule has 1 aromatic heterocycles. The molecule has 1 aliphatic rings. The minimum absolute atomic E-state index is 0.358. The molecule has 0 unspecified atom stereocenters. The van der Waals surface area contributed by atoms with E-state index in [0.717, 1.165) is 40.6 Å². The highest BCUT2D eigenvalue weighted by Crippen LogP contribution is 2.37. The zero-order valence-corrected chi connectivity index (χ0v) is 13.8. The van der Waals surface area contributed by atoms with Crippen LogP contribution in [0.1, 0.15) is 33.6 Å². The third kappa shape index (κ3) is 2.14. The summed E-state index contributed by atoms with van der Waals surface area (Å²) in [5.41, 5.74) is 17.0. The van der Waals surface area contributed by atoms with Crippen LogP contribution in [0.4, 0.5) is 0 Å². The summed E-state index contributed by atoms with van der Waals surface area (Å²) in [5.74, 6) is -0.358. The molecule has 0 saturated heterocycles. The first-order valence-electron chi connectivity index (χ1n) is 8.25. The number of hydrogen-bond donors (Lipinski definition) is 2. The average molecular weight is 319 g/mol. The summed E-state index contributed by atoms with van der Waals surface area (Å²) in [4.78, 5) is 12.1. The fraction of sp³-hybridized carbons (Fsp3) is 0.250. The van der Waals surface area contributed by atoms with Crippen LogP contribution in [-0.2, 0) is 18.5 Å². The molecule has 0 saturated carbocycles. The van der Waals surface area contributed by atoms with E-state index in [2.05, 4.69) is 28.8 Å². The molecule has 0 bridgehead atoms. The van der Waals surface area contributed by atoms with Gasteiger partial charge in [0.15, 0.2) is 0 Å². The average Bonchev–Trinajstić information content (AvgIpc) is 2.88. The predicted molar refractivity (Wildman–Crippen MR) is 95.8 cm³/mol. The molecule has 1 atom stereocenters. The molecule has 2 heterocycles. The molecule has 4 nitrogen and oxygen atoms in total. The maximum Gasteiger partial charge on any atom is 0.251 e. The lowest BCUT2D eigenvalue weighted by Gasteiger charge is -2.36. The van der Waals surface area contributed by atoms with Gasteiger partial charge in [0.25, 0.3) is 5.91 Å². The van der Waals surface area contributed by atoms with Gasteiger partial charge in [-0.3, -0.25) is 4.79 Å². The molecular weight excluding hydrogens is 298 g/mol. The molecule has 3 aromatic rings. The van der Waals surface area contributed by atoms with Gasteiger partial charge in [0.2, 0.25) is 0 Å². The maximum absolute atomic E-state index is 12.1. The summed E-state index contributed by atoms with van der Waals surface area (Å²) >= 11 is 0. The normalized spacial score (nSPS) is 20.1. The second-order valence-electron chi connectivity index (χ2n) is 6.81. The van der Waals surface area contributed by atoms with Gasteiger partial charge in [-0.15, -0.1) is 0 Å². The standard InChI is InChI=1S/C20H21N3O/c1-13-7-8-16-15(11-13)18(19(21)24)17-9-10-20(22,12-23(16)17)14-5-3-2-4-6-14/h2-8,11H,9-10,12,22H2,1H3,(H2,21,24)/t20-/m1/s1. The monoisotopic (exact) mass is 319 g/mol. The van der Waals surface area contributed by atoms with E-state index in [1.165, 1.54) is 0 Å². The van der Waals surface area contributed by atoms with Crippen molar-refractivity contribution in [2.24, 2.45) is 11.5 Å². The number of hydrogen-bond acceptors (Lipinski definition) is 2. The van der Waals surface area contributed by atoms with E-state index in [9.17, 15) is 4.79 Å². The Hall–Kier alpha value is -2.59. The number of nitrogens with two attached hydrogens (primary N) is 2. The van der Waals surface area contributed by atoms with Gasteiger partial charge < -0.3 is 16.0 Å². The quantitative estimate of drug-likeness (QED) is 0.762. The van der Waals surface area contributed by atoms with Gasteiger partial charge in [-0.2, -0.15) is 0 Å². The van der Waals surface area contributed by atoms with Gasteiger partial charge in [0, 0.05) is 23.1 Å². The van der Waals surface area contributed by atoms with Gasteiger partial charge in [0.1, 0.15) is 0 Å². The van der Waals surface area contributed by atoms with Crippen molar-refractivity contribution in [3.05, 3.63) is 70.9 Å². The lowest BCUT2D eigenvalue weighted by molar-refractivity contribution is 0.0999. The molecule has 0 fully saturated rings. The summed E-state index contributed by atoms with van der Waals surface area (Å²) in [5, 5.41) is 0.940. The zero-order chi connectivity index (χ0) is 16.9. The van der Waals surface area contributed by atoms with Crippen molar-refractivity contribution in [3.8, 4) is 0 Å². The van der Waals surface area contributed by atoms with E-state index in [0.29, 0.717) is 12.1 Å². The predicted octanol–water partition coefficient (Wildman–Crippen LogP) is 2.85. The number of carbonyl (C=O) groups excluding carboxylic acids is 1. The van der Waals surface area contributed by atoms with Gasteiger partial charge >= 0.3 is 0 Å². The van der Waals surface area contributed by atoms with Crippen LogP contribution in [0.5, 0.6) is 0 Å². The zero-order valence-electron chi connectivity index (χ0n) is 13.8. The Balaban J connectivity index is 1.92. The number of aromatic nitrogens is 1. The van der Waals surface area contributed by atoms with Crippen LogP contribution >= 0.6 is 0 Å². The summed E-state index contributed by atoms with van der Waals surface area (Å²) in [6.45, 7) is 2.68. The van der Waals surface area contributed by atoms with Gasteiger partial charge in [-0.05, 0) is 37.5 Å². The Morgan fingerprint density at radius 1 is 1.17 bits per heavy atom. The maximum atomic E-state index is 12.1. The molecule has 0 radical (unpaired) electrons. The van der Waals surface area contributed by atoms with Crippen molar-refractivity contribution in [2.45, 2.75) is 31.8 Å². The van der Waals surface area contributed by atoms with Crippen molar-refractivity contribution in [1.82, 2.24) is 4.57 Å². The first-order chi connectivity index (χ1) is 11.5. The van der Waals surface area contributed by atoms with Gasteiger partial charge in [-0.1, -0.05) is 42.0 Å². The first-order valence-corrected chi connectivity index (χ1v) is 8.25. The minimum Gasteiger partial charge on any atom is -0.366 e. The minimum atomic E-state index is -0.431. The molecular formula is C20H21N3O. The summed E-state index contributed by atoms with van der Waals surface area (Å²) < 4.78 is 2.19. The Labute approximate surface area is 141 Å². The Morgan fingerprint density at radius 2 is 1.92 bits per heavy atom. The molecule has 1 amide bonds. The largest absolute Gasteiger partial charge is 0.366 e. The van der Waals surface area contributed by atoms with E-state index in [4.69, 9.17) is 11.5 Å². The number of amides is 1. The molecule has 122 valence electrons. The smallest absolute Gasteiger partial charge is 0.251 e. The summed E-state index contributed by atoms with van der Waals surface area (Å²) in [7, 11) is 0. The lowest BCUT2D eigenvalue weighted by atomic mass is 9.83. The van der Waals surface area contributed by atoms with Crippen molar-refractivity contribution in [2.75, 3.05) is 0 Å². The van der Waals surface area contributed by atoms with Gasteiger partial charge in [-0.25, -0.2) is 0 Å². The van der Waals surface area contributed by atoms with E-state index >= 15 is 0 Å². The van der Waals surface area contributed by atoms with Gasteiger partial charge in [0.05, 0.1) is 11.1 Å². The Kier molecular flexibility index (Phi) is 3.25. The number of rotatable bonds is 2. The molecule has 1 aliphatic heterocycles. The van der Waals surface area contributed by atoms with Crippen molar-refractivity contribution < 1.29 is 4.79 Å². The van der Waals surface area contributed by atoms with Crippen LogP contribution in [0.25, 0.3) is 10.9 Å². The first kappa shape index (κ1) is 15.0.